The second-order valence-electron chi connectivity index (χ2n) is 9.12. The van der Waals surface area contributed by atoms with E-state index in [1.165, 1.54) is 17.4 Å². The van der Waals surface area contributed by atoms with E-state index in [1.54, 1.807) is 17.0 Å². The van der Waals surface area contributed by atoms with Crippen molar-refractivity contribution in [2.45, 2.75) is 45.1 Å². The molecular weight excluding hydrogens is 488 g/mol. The standard InChI is InChI=1S/C25H27ClN4O4S/c1-16-12-18(26)14-22-23(16)27-25(35-22)29(15-19-6-5-11-34-19)24(31)17-7-8-20(21(13-17)30(32)33)28-9-3-2-4-10-28/h7-8,12-14,19H,2-6,9-11,15H2,1H3. The first-order valence-electron chi connectivity index (χ1n) is 11.9. The highest BCUT2D eigenvalue weighted by molar-refractivity contribution is 7.22. The fourth-order valence-electron chi connectivity index (χ4n) is 4.86. The molecule has 1 unspecified atom stereocenters. The second-order valence-corrected chi connectivity index (χ2v) is 10.6. The van der Waals surface area contributed by atoms with Crippen molar-refractivity contribution in [3.63, 3.8) is 0 Å². The van der Waals surface area contributed by atoms with E-state index < -0.39 is 4.92 Å². The van der Waals surface area contributed by atoms with Gasteiger partial charge in [0, 0.05) is 36.3 Å². The Morgan fingerprint density at radius 2 is 2.06 bits per heavy atom. The Hall–Kier alpha value is -2.75. The van der Waals surface area contributed by atoms with E-state index in [-0.39, 0.29) is 23.3 Å². The molecule has 1 aromatic heterocycles. The van der Waals surface area contributed by atoms with Crippen LogP contribution in [-0.2, 0) is 4.74 Å². The molecule has 2 aliphatic heterocycles. The van der Waals surface area contributed by atoms with Crippen LogP contribution in [0, 0.1) is 17.0 Å². The predicted octanol–water partition coefficient (Wildman–Crippen LogP) is 5.98. The molecule has 1 amide bonds. The number of thiazole rings is 1. The quantitative estimate of drug-likeness (QED) is 0.297. The van der Waals surface area contributed by atoms with Gasteiger partial charge in [-0.1, -0.05) is 22.9 Å². The average molecular weight is 515 g/mol. The van der Waals surface area contributed by atoms with Gasteiger partial charge >= 0.3 is 0 Å². The number of aromatic nitrogens is 1. The number of anilines is 2. The van der Waals surface area contributed by atoms with Crippen LogP contribution in [0.15, 0.2) is 30.3 Å². The van der Waals surface area contributed by atoms with Gasteiger partial charge in [0.05, 0.1) is 27.8 Å². The van der Waals surface area contributed by atoms with Crippen LogP contribution in [0.3, 0.4) is 0 Å². The highest BCUT2D eigenvalue weighted by Crippen LogP contribution is 2.36. The minimum atomic E-state index is -0.395. The van der Waals surface area contributed by atoms with Crippen LogP contribution in [0.4, 0.5) is 16.5 Å². The van der Waals surface area contributed by atoms with Gasteiger partial charge in [-0.3, -0.25) is 19.8 Å². The van der Waals surface area contributed by atoms with Crippen LogP contribution >= 0.6 is 22.9 Å². The van der Waals surface area contributed by atoms with E-state index in [2.05, 4.69) is 0 Å². The molecule has 0 N–H and O–H groups in total. The highest BCUT2D eigenvalue weighted by atomic mass is 35.5. The molecule has 3 heterocycles. The summed E-state index contributed by atoms with van der Waals surface area (Å²) in [5, 5.41) is 13.1. The third kappa shape index (κ3) is 4.98. The van der Waals surface area contributed by atoms with Crippen molar-refractivity contribution in [2.75, 3.05) is 36.0 Å². The molecule has 1 atom stereocenters. The topological polar surface area (TPSA) is 88.8 Å². The molecule has 184 valence electrons. The van der Waals surface area contributed by atoms with Gasteiger partial charge in [-0.05, 0) is 68.9 Å². The first kappa shape index (κ1) is 24.0. The molecule has 5 rings (SSSR count). The molecule has 0 aliphatic carbocycles. The number of piperidine rings is 1. The van der Waals surface area contributed by atoms with Crippen molar-refractivity contribution in [1.29, 1.82) is 0 Å². The Bertz CT molecular complexity index is 1270. The summed E-state index contributed by atoms with van der Waals surface area (Å²) in [4.78, 5) is 33.8. The lowest BCUT2D eigenvalue weighted by atomic mass is 10.1. The Kier molecular flexibility index (Phi) is 6.91. The number of nitro groups is 1. The monoisotopic (exact) mass is 514 g/mol. The minimum Gasteiger partial charge on any atom is -0.376 e. The fourth-order valence-corrected chi connectivity index (χ4v) is 6.29. The molecule has 0 spiro atoms. The lowest BCUT2D eigenvalue weighted by Gasteiger charge is -2.28. The van der Waals surface area contributed by atoms with Crippen molar-refractivity contribution in [3.05, 3.63) is 56.6 Å². The van der Waals surface area contributed by atoms with Gasteiger partial charge in [0.25, 0.3) is 11.6 Å². The van der Waals surface area contributed by atoms with Crippen LogP contribution < -0.4 is 9.80 Å². The van der Waals surface area contributed by atoms with Gasteiger partial charge in [0.15, 0.2) is 5.13 Å². The minimum absolute atomic E-state index is 0.0401. The van der Waals surface area contributed by atoms with Gasteiger partial charge in [-0.25, -0.2) is 4.98 Å². The zero-order chi connectivity index (χ0) is 24.5. The summed E-state index contributed by atoms with van der Waals surface area (Å²) in [7, 11) is 0. The van der Waals surface area contributed by atoms with Crippen molar-refractivity contribution < 1.29 is 14.5 Å². The molecule has 10 heteroatoms. The van der Waals surface area contributed by atoms with Crippen molar-refractivity contribution in [2.24, 2.45) is 0 Å². The third-order valence-corrected chi connectivity index (χ3v) is 7.88. The van der Waals surface area contributed by atoms with Crippen LogP contribution in [0.25, 0.3) is 10.2 Å². The molecule has 2 aliphatic rings. The maximum absolute atomic E-state index is 13.8. The zero-order valence-electron chi connectivity index (χ0n) is 19.5. The number of ether oxygens (including phenoxy) is 1. The average Bonchev–Trinajstić information content (AvgIpc) is 3.52. The van der Waals surface area contributed by atoms with Gasteiger partial charge in [-0.2, -0.15) is 0 Å². The summed E-state index contributed by atoms with van der Waals surface area (Å²) < 4.78 is 6.71. The Labute approximate surface area is 212 Å². The molecule has 2 fully saturated rings. The second kappa shape index (κ2) is 10.1. The van der Waals surface area contributed by atoms with Gasteiger partial charge in [0.2, 0.25) is 0 Å². The number of carbonyl (C=O) groups is 1. The first-order chi connectivity index (χ1) is 16.9. The Morgan fingerprint density at radius 1 is 1.26 bits per heavy atom. The maximum atomic E-state index is 13.8. The summed E-state index contributed by atoms with van der Waals surface area (Å²) in [6.07, 6.45) is 4.84. The summed E-state index contributed by atoms with van der Waals surface area (Å²) in [6, 6.07) is 8.50. The third-order valence-electron chi connectivity index (χ3n) is 6.64. The molecule has 35 heavy (non-hydrogen) atoms. The number of benzene rings is 2. The van der Waals surface area contributed by atoms with Crippen molar-refractivity contribution in [1.82, 2.24) is 4.98 Å². The van der Waals surface area contributed by atoms with Crippen molar-refractivity contribution in [3.8, 4) is 0 Å². The number of aryl methyl sites for hydroxylation is 1. The molecule has 2 saturated heterocycles. The highest BCUT2D eigenvalue weighted by Gasteiger charge is 2.30. The molecular formula is C25H27ClN4O4S. The smallest absolute Gasteiger partial charge is 0.293 e. The molecule has 0 bridgehead atoms. The van der Waals surface area contributed by atoms with E-state index in [0.717, 1.165) is 61.0 Å². The summed E-state index contributed by atoms with van der Waals surface area (Å²) in [5.74, 6) is -0.323. The first-order valence-corrected chi connectivity index (χ1v) is 13.1. The van der Waals surface area contributed by atoms with Gasteiger partial charge in [-0.15, -0.1) is 0 Å². The van der Waals surface area contributed by atoms with Gasteiger partial charge in [0.1, 0.15) is 5.69 Å². The van der Waals surface area contributed by atoms with E-state index in [1.807, 2.05) is 24.0 Å². The summed E-state index contributed by atoms with van der Waals surface area (Å²) >= 11 is 7.63. The lowest BCUT2D eigenvalue weighted by Crippen LogP contribution is -2.37. The number of amides is 1. The molecule has 8 nitrogen and oxygen atoms in total. The van der Waals surface area contributed by atoms with Gasteiger partial charge < -0.3 is 9.64 Å². The summed E-state index contributed by atoms with van der Waals surface area (Å²) in [6.45, 7) is 4.51. The number of hydrogen-bond acceptors (Lipinski definition) is 7. The van der Waals surface area contributed by atoms with Crippen LogP contribution in [0.1, 0.15) is 48.0 Å². The van der Waals surface area contributed by atoms with E-state index >= 15 is 0 Å². The fraction of sp³-hybridized carbons (Fsp3) is 0.440. The van der Waals surface area contributed by atoms with Crippen LogP contribution in [0.5, 0.6) is 0 Å². The molecule has 2 aromatic carbocycles. The van der Waals surface area contributed by atoms with Crippen molar-refractivity contribution >= 4 is 55.6 Å². The molecule has 0 radical (unpaired) electrons. The number of fused-ring (bicyclic) bond motifs is 1. The lowest BCUT2D eigenvalue weighted by molar-refractivity contribution is -0.384. The number of carbonyl (C=O) groups excluding carboxylic acids is 1. The summed E-state index contributed by atoms with van der Waals surface area (Å²) in [5.41, 5.74) is 2.53. The zero-order valence-corrected chi connectivity index (χ0v) is 21.1. The normalized spacial score (nSPS) is 18.2. The predicted molar refractivity (Wildman–Crippen MR) is 139 cm³/mol. The SMILES string of the molecule is Cc1cc(Cl)cc2sc(N(CC3CCCO3)C(=O)c3ccc(N4CCCCC4)c([N+](=O)[O-])c3)nc12. The Morgan fingerprint density at radius 3 is 2.77 bits per heavy atom. The van der Waals surface area contributed by atoms with E-state index in [9.17, 15) is 14.9 Å². The van der Waals surface area contributed by atoms with Crippen LogP contribution in [-0.4, -0.2) is 48.2 Å². The number of rotatable bonds is 6. The van der Waals surface area contributed by atoms with E-state index in [4.69, 9.17) is 21.3 Å². The molecule has 3 aromatic rings. The number of halogens is 1. The number of nitrogens with zero attached hydrogens (tertiary/aromatic N) is 4. The maximum Gasteiger partial charge on any atom is 0.293 e. The van der Waals surface area contributed by atoms with E-state index in [0.29, 0.717) is 29.0 Å². The van der Waals surface area contributed by atoms with Crippen LogP contribution in [0.2, 0.25) is 5.02 Å². The Balaban J connectivity index is 1.52. The number of hydrogen-bond donors (Lipinski definition) is 0. The number of nitro benzene ring substituents is 1. The largest absolute Gasteiger partial charge is 0.376 e. The molecule has 0 saturated carbocycles.